The standard InChI is InChI=1S/C6H14.BBr3/c1-3-5-6-4-2;2-1(3)4/h3-6H2,1-2H3;. The first-order valence-corrected chi connectivity index (χ1v) is 6.32. The van der Waals surface area contributed by atoms with E-state index in [0.717, 1.165) is 0 Å². The summed E-state index contributed by atoms with van der Waals surface area (Å²) >= 11 is 9.31. The minimum absolute atomic E-state index is 0.271. The van der Waals surface area contributed by atoms with E-state index in [1.54, 1.807) is 0 Å². The van der Waals surface area contributed by atoms with E-state index in [9.17, 15) is 0 Å². The summed E-state index contributed by atoms with van der Waals surface area (Å²) in [6, 6.07) is 0. The highest BCUT2D eigenvalue weighted by Gasteiger charge is 1.87. The van der Waals surface area contributed by atoms with E-state index in [1.165, 1.54) is 25.7 Å². The maximum absolute atomic E-state index is 3.10. The molecule has 0 aliphatic rings. The molecule has 0 atom stereocenters. The average Bonchev–Trinajstić information content (AvgIpc) is 1.82. The highest BCUT2D eigenvalue weighted by atomic mass is 79.9. The number of hydrogen-bond acceptors (Lipinski definition) is 0. The van der Waals surface area contributed by atoms with Gasteiger partial charge in [-0.05, 0) is 0 Å². The molecule has 0 bridgehead atoms. The molecule has 0 aliphatic heterocycles. The predicted molar refractivity (Wildman–Crippen MR) is 62.4 cm³/mol. The third-order valence-corrected chi connectivity index (χ3v) is 0.957. The molecule has 0 unspecified atom stereocenters. The third kappa shape index (κ3) is 33.9. The monoisotopic (exact) mass is 334 g/mol. The molecule has 0 rings (SSSR count). The molecule has 0 N–H and O–H groups in total. The van der Waals surface area contributed by atoms with Crippen LogP contribution in [0.4, 0.5) is 0 Å². The zero-order valence-corrected chi connectivity index (χ0v) is 11.3. The lowest BCUT2D eigenvalue weighted by atomic mass is 10.2. The van der Waals surface area contributed by atoms with Crippen LogP contribution in [0.2, 0.25) is 0 Å². The van der Waals surface area contributed by atoms with Gasteiger partial charge in [0.05, 0.1) is 0 Å². The van der Waals surface area contributed by atoms with Crippen molar-refractivity contribution in [3.8, 4) is 0 Å². The van der Waals surface area contributed by atoms with Crippen LogP contribution in [0.3, 0.4) is 0 Å². The Morgan fingerprint density at radius 2 is 1.10 bits per heavy atom. The number of rotatable bonds is 3. The summed E-state index contributed by atoms with van der Waals surface area (Å²) in [7, 11) is 0. The fourth-order valence-corrected chi connectivity index (χ4v) is 0.500. The highest BCUT2D eigenvalue weighted by molar-refractivity contribution is 9.69. The number of hydrogen-bond donors (Lipinski definition) is 0. The van der Waals surface area contributed by atoms with Gasteiger partial charge < -0.3 is 0 Å². The van der Waals surface area contributed by atoms with Crippen molar-refractivity contribution in [3.05, 3.63) is 0 Å². The summed E-state index contributed by atoms with van der Waals surface area (Å²) in [6.45, 7) is 4.46. The van der Waals surface area contributed by atoms with E-state index in [1.807, 2.05) is 0 Å². The Labute approximate surface area is 89.5 Å². The Hall–Kier alpha value is 1.50. The fourth-order valence-electron chi connectivity index (χ4n) is 0.500. The minimum atomic E-state index is 0.271. The van der Waals surface area contributed by atoms with Crippen molar-refractivity contribution >= 4 is 50.5 Å². The third-order valence-electron chi connectivity index (χ3n) is 0.957. The van der Waals surface area contributed by atoms with Crippen molar-refractivity contribution in [2.75, 3.05) is 0 Å². The molecule has 0 aromatic heterocycles. The van der Waals surface area contributed by atoms with Gasteiger partial charge in [0.25, 0.3) is 0 Å². The van der Waals surface area contributed by atoms with Crippen molar-refractivity contribution in [1.29, 1.82) is 0 Å². The van der Waals surface area contributed by atoms with Crippen LogP contribution < -0.4 is 0 Å². The molecule has 0 nitrogen and oxygen atoms in total. The maximum Gasteiger partial charge on any atom is 0.369 e. The first-order valence-electron chi connectivity index (χ1n) is 3.57. The zero-order chi connectivity index (χ0) is 8.41. The first kappa shape index (κ1) is 14.1. The Morgan fingerprint density at radius 3 is 1.20 bits per heavy atom. The van der Waals surface area contributed by atoms with Crippen LogP contribution in [-0.4, -0.2) is 3.18 Å². The molecule has 0 saturated carbocycles. The summed E-state index contributed by atoms with van der Waals surface area (Å²) in [5.41, 5.74) is 0. The lowest BCUT2D eigenvalue weighted by molar-refractivity contribution is 0.702. The molecular formula is C6H14BBr3. The Morgan fingerprint density at radius 1 is 0.900 bits per heavy atom. The topological polar surface area (TPSA) is 0 Å². The summed E-state index contributed by atoms with van der Waals surface area (Å²) < 4.78 is 0.271. The maximum atomic E-state index is 3.10. The van der Waals surface area contributed by atoms with E-state index < -0.39 is 0 Å². The molecular weight excluding hydrogens is 323 g/mol. The van der Waals surface area contributed by atoms with E-state index in [2.05, 4.69) is 61.1 Å². The molecule has 62 valence electrons. The van der Waals surface area contributed by atoms with Gasteiger partial charge >= 0.3 is 3.18 Å². The van der Waals surface area contributed by atoms with E-state index >= 15 is 0 Å². The second-order valence-electron chi connectivity index (χ2n) is 1.95. The second-order valence-corrected chi connectivity index (χ2v) is 8.39. The summed E-state index contributed by atoms with van der Waals surface area (Å²) in [4.78, 5) is 0. The molecule has 4 heteroatoms. The fraction of sp³-hybridized carbons (Fsp3) is 1.00. The SMILES string of the molecule is BrB(Br)Br.CCCCCC. The van der Waals surface area contributed by atoms with Crippen LogP contribution in [0.25, 0.3) is 0 Å². The van der Waals surface area contributed by atoms with Crippen LogP contribution in [0.15, 0.2) is 0 Å². The van der Waals surface area contributed by atoms with E-state index in [-0.39, 0.29) is 3.18 Å². The molecule has 0 aromatic carbocycles. The summed E-state index contributed by atoms with van der Waals surface area (Å²) in [6.07, 6.45) is 5.54. The van der Waals surface area contributed by atoms with Gasteiger partial charge in [0.2, 0.25) is 0 Å². The van der Waals surface area contributed by atoms with Gasteiger partial charge in [0.1, 0.15) is 0 Å². The van der Waals surface area contributed by atoms with Gasteiger partial charge in [-0.2, -0.15) is 0 Å². The van der Waals surface area contributed by atoms with Crippen LogP contribution in [0, 0.1) is 0 Å². The van der Waals surface area contributed by atoms with Crippen molar-refractivity contribution in [2.24, 2.45) is 0 Å². The Balaban J connectivity index is 0. The van der Waals surface area contributed by atoms with Crippen molar-refractivity contribution in [2.45, 2.75) is 39.5 Å². The van der Waals surface area contributed by atoms with Crippen molar-refractivity contribution in [1.82, 2.24) is 0 Å². The van der Waals surface area contributed by atoms with Crippen molar-refractivity contribution in [3.63, 3.8) is 0 Å². The summed E-state index contributed by atoms with van der Waals surface area (Å²) in [5, 5.41) is 0. The predicted octanol–water partition coefficient (Wildman–Crippen LogP) is 4.74. The molecule has 0 amide bonds. The molecule has 0 radical (unpaired) electrons. The molecule has 0 aliphatic carbocycles. The minimum Gasteiger partial charge on any atom is -0.123 e. The molecule has 0 fully saturated rings. The normalized spacial score (nSPS) is 8.10. The van der Waals surface area contributed by atoms with Gasteiger partial charge in [-0.25, -0.2) is 0 Å². The van der Waals surface area contributed by atoms with Gasteiger partial charge in [-0.15, -0.1) is 47.3 Å². The first-order chi connectivity index (χ1) is 4.65. The van der Waals surface area contributed by atoms with Crippen LogP contribution in [0.5, 0.6) is 0 Å². The van der Waals surface area contributed by atoms with Crippen LogP contribution >= 0.6 is 47.3 Å². The molecule has 0 spiro atoms. The highest BCUT2D eigenvalue weighted by Crippen LogP contribution is 2.07. The molecule has 10 heavy (non-hydrogen) atoms. The zero-order valence-electron chi connectivity index (χ0n) is 6.54. The van der Waals surface area contributed by atoms with E-state index in [0.29, 0.717) is 0 Å². The smallest absolute Gasteiger partial charge is 0.123 e. The Kier molecular flexibility index (Phi) is 18.4. The molecule has 0 aromatic rings. The number of halogens is 3. The second kappa shape index (κ2) is 13.1. The summed E-state index contributed by atoms with van der Waals surface area (Å²) in [5.74, 6) is 0. The van der Waals surface area contributed by atoms with Crippen LogP contribution in [-0.2, 0) is 0 Å². The molecule has 0 heterocycles. The largest absolute Gasteiger partial charge is 0.369 e. The van der Waals surface area contributed by atoms with E-state index in [4.69, 9.17) is 0 Å². The quantitative estimate of drug-likeness (QED) is 0.516. The molecule has 0 saturated heterocycles. The Bertz CT molecular complexity index is 43.5. The van der Waals surface area contributed by atoms with Gasteiger partial charge in [0, 0.05) is 0 Å². The van der Waals surface area contributed by atoms with Gasteiger partial charge in [0.15, 0.2) is 0 Å². The lowest BCUT2D eigenvalue weighted by Crippen LogP contribution is -1.66. The van der Waals surface area contributed by atoms with Crippen molar-refractivity contribution < 1.29 is 0 Å². The van der Waals surface area contributed by atoms with Gasteiger partial charge in [-0.3, -0.25) is 0 Å². The van der Waals surface area contributed by atoms with Gasteiger partial charge in [-0.1, -0.05) is 39.5 Å². The van der Waals surface area contributed by atoms with Crippen LogP contribution in [0.1, 0.15) is 39.5 Å². The number of unbranched alkanes of at least 4 members (excludes halogenated alkanes) is 3. The lowest BCUT2D eigenvalue weighted by Gasteiger charge is -1.86. The average molecular weight is 337 g/mol.